The van der Waals surface area contributed by atoms with Crippen LogP contribution in [0.5, 0.6) is 0 Å². The molecule has 9 aromatic rings. The van der Waals surface area contributed by atoms with Crippen LogP contribution in [0.25, 0.3) is 55.0 Å². The Morgan fingerprint density at radius 2 is 1.18 bits per heavy atom. The normalized spacial score (nSPS) is 15.3. The largest absolute Gasteiger partial charge is 0.456 e. The van der Waals surface area contributed by atoms with Gasteiger partial charge in [0.25, 0.3) is 0 Å². The van der Waals surface area contributed by atoms with Crippen LogP contribution in [0.1, 0.15) is 110 Å². The molecule has 2 heterocycles. The van der Waals surface area contributed by atoms with Crippen molar-refractivity contribution in [2.24, 2.45) is 0 Å². The van der Waals surface area contributed by atoms with E-state index >= 15 is 0 Å². The molecule has 3 nitrogen and oxygen atoms in total. The number of aryl methyl sites for hydroxylation is 1. The molecule has 1 aliphatic carbocycles. The van der Waals surface area contributed by atoms with Crippen LogP contribution in [0.3, 0.4) is 0 Å². The molecule has 1 aliphatic heterocycles. The molecule has 67 heavy (non-hydrogen) atoms. The third-order valence-electron chi connectivity index (χ3n) is 15.4. The Morgan fingerprint density at radius 3 is 1.88 bits per heavy atom. The van der Waals surface area contributed by atoms with Crippen molar-refractivity contribution in [2.45, 2.75) is 111 Å². The summed E-state index contributed by atoms with van der Waals surface area (Å²) in [4.78, 5) is 2.55. The van der Waals surface area contributed by atoms with E-state index in [0.717, 1.165) is 29.8 Å². The molecule has 1 aromatic heterocycles. The SMILES string of the molecule is Cc1cc(C(C)(C)C)ccc1N1c2cc3oc4cc5c(cc4c3cc2Bc2c(-c3ccc4ccccc4c3Nc3ccc(C(C)(C)C)cc3)cc(-c3ccccc3)cc21)C(C)(C)CCC5(C)C. The first-order chi connectivity index (χ1) is 31.8. The third kappa shape index (κ3) is 7.35. The summed E-state index contributed by atoms with van der Waals surface area (Å²) in [6.45, 7) is 25.7. The van der Waals surface area contributed by atoms with Gasteiger partial charge in [0.2, 0.25) is 0 Å². The fourth-order valence-corrected chi connectivity index (χ4v) is 11.1. The molecule has 1 N–H and O–H groups in total. The Bertz CT molecular complexity index is 3430. The lowest BCUT2D eigenvalue weighted by Gasteiger charge is -2.41. The van der Waals surface area contributed by atoms with Gasteiger partial charge in [-0.05, 0) is 139 Å². The molecule has 0 bridgehead atoms. The van der Waals surface area contributed by atoms with Crippen molar-refractivity contribution in [3.8, 4) is 22.3 Å². The van der Waals surface area contributed by atoms with Crippen molar-refractivity contribution in [3.63, 3.8) is 0 Å². The molecule has 0 unspecified atom stereocenters. The topological polar surface area (TPSA) is 28.4 Å². The second-order valence-electron chi connectivity index (χ2n) is 23.1. The van der Waals surface area contributed by atoms with Gasteiger partial charge < -0.3 is 14.6 Å². The highest BCUT2D eigenvalue weighted by Gasteiger charge is 2.38. The van der Waals surface area contributed by atoms with Crippen molar-refractivity contribution < 1.29 is 4.42 Å². The summed E-state index contributed by atoms with van der Waals surface area (Å²) in [5.41, 5.74) is 22.0. The van der Waals surface area contributed by atoms with Gasteiger partial charge in [-0.2, -0.15) is 0 Å². The van der Waals surface area contributed by atoms with Gasteiger partial charge in [-0.3, -0.25) is 0 Å². The Morgan fingerprint density at radius 1 is 0.537 bits per heavy atom. The average Bonchev–Trinajstić information content (AvgIpc) is 3.65. The van der Waals surface area contributed by atoms with E-state index in [2.05, 4.69) is 232 Å². The summed E-state index contributed by atoms with van der Waals surface area (Å²) in [6.07, 6.45) is 2.34. The number of furan rings is 1. The Labute approximate surface area is 398 Å². The lowest BCUT2D eigenvalue weighted by molar-refractivity contribution is 0.332. The van der Waals surface area contributed by atoms with Crippen molar-refractivity contribution in [1.82, 2.24) is 0 Å². The van der Waals surface area contributed by atoms with Crippen LogP contribution in [0.15, 0.2) is 150 Å². The number of anilines is 5. The first-order valence-corrected chi connectivity index (χ1v) is 24.4. The minimum absolute atomic E-state index is 0.0178. The highest BCUT2D eigenvalue weighted by molar-refractivity contribution is 6.73. The van der Waals surface area contributed by atoms with E-state index in [4.69, 9.17) is 4.42 Å². The molecule has 0 saturated carbocycles. The van der Waals surface area contributed by atoms with E-state index in [-0.39, 0.29) is 21.7 Å². The summed E-state index contributed by atoms with van der Waals surface area (Å²) in [5.74, 6) is 0. The van der Waals surface area contributed by atoms with Gasteiger partial charge in [-0.1, -0.05) is 172 Å². The van der Waals surface area contributed by atoms with Crippen LogP contribution in [-0.2, 0) is 21.7 Å². The predicted molar refractivity (Wildman–Crippen MR) is 290 cm³/mol. The van der Waals surface area contributed by atoms with Crippen molar-refractivity contribution in [2.75, 3.05) is 10.2 Å². The van der Waals surface area contributed by atoms with Crippen molar-refractivity contribution in [1.29, 1.82) is 0 Å². The smallest absolute Gasteiger partial charge is 0.198 e. The van der Waals surface area contributed by atoms with Gasteiger partial charge in [0.1, 0.15) is 11.2 Å². The van der Waals surface area contributed by atoms with Gasteiger partial charge >= 0.3 is 0 Å². The van der Waals surface area contributed by atoms with E-state index < -0.39 is 0 Å². The monoisotopic (exact) mass is 875 g/mol. The number of nitrogens with one attached hydrogen (secondary N) is 1. The van der Waals surface area contributed by atoms with Gasteiger partial charge in [0.15, 0.2) is 7.28 Å². The number of hydrogen-bond acceptors (Lipinski definition) is 3. The summed E-state index contributed by atoms with van der Waals surface area (Å²) >= 11 is 0. The number of benzene rings is 8. The first-order valence-electron chi connectivity index (χ1n) is 24.4. The maximum absolute atomic E-state index is 7.00. The molecule has 0 saturated heterocycles. The van der Waals surface area contributed by atoms with E-state index in [0.29, 0.717) is 0 Å². The number of nitrogens with zero attached hydrogens (tertiary/aromatic N) is 1. The summed E-state index contributed by atoms with van der Waals surface area (Å²) in [6, 6.07) is 55.0. The molecule has 0 fully saturated rings. The molecular formula is C63H63BN2O. The van der Waals surface area contributed by atoms with Crippen LogP contribution in [0, 0.1) is 6.92 Å². The number of fused-ring (bicyclic) bond motifs is 7. The van der Waals surface area contributed by atoms with Crippen molar-refractivity contribution >= 4 is 79.4 Å². The fraction of sp³-hybridized carbons (Fsp3) is 0.270. The predicted octanol–water partition coefficient (Wildman–Crippen LogP) is 16.2. The minimum Gasteiger partial charge on any atom is -0.456 e. The summed E-state index contributed by atoms with van der Waals surface area (Å²) < 4.78 is 7.00. The maximum Gasteiger partial charge on any atom is 0.198 e. The van der Waals surface area contributed by atoms with E-state index in [1.807, 2.05) is 0 Å². The average molecular weight is 875 g/mol. The van der Waals surface area contributed by atoms with Gasteiger partial charge in [0, 0.05) is 50.5 Å². The van der Waals surface area contributed by atoms with Gasteiger partial charge in [-0.15, -0.1) is 0 Å². The molecule has 0 atom stereocenters. The third-order valence-corrected chi connectivity index (χ3v) is 15.4. The van der Waals surface area contributed by atoms with Crippen LogP contribution < -0.4 is 21.1 Å². The van der Waals surface area contributed by atoms with Crippen LogP contribution in [0.4, 0.5) is 28.4 Å². The van der Waals surface area contributed by atoms with Crippen LogP contribution in [-0.4, -0.2) is 7.28 Å². The van der Waals surface area contributed by atoms with Crippen molar-refractivity contribution in [3.05, 3.63) is 173 Å². The minimum atomic E-state index is 0.0178. The second kappa shape index (κ2) is 15.3. The zero-order valence-electron chi connectivity index (χ0n) is 41.3. The molecule has 334 valence electrons. The molecule has 0 amide bonds. The Balaban J connectivity index is 1.19. The highest BCUT2D eigenvalue weighted by atomic mass is 16.3. The molecular weight excluding hydrogens is 812 g/mol. The fourth-order valence-electron chi connectivity index (χ4n) is 11.1. The Hall–Kier alpha value is -6.52. The Kier molecular flexibility index (Phi) is 9.81. The molecule has 0 radical (unpaired) electrons. The van der Waals surface area contributed by atoms with E-state index in [1.54, 1.807) is 0 Å². The van der Waals surface area contributed by atoms with Crippen LogP contribution in [0.2, 0.25) is 0 Å². The lowest BCUT2D eigenvalue weighted by Crippen LogP contribution is -2.41. The van der Waals surface area contributed by atoms with Crippen LogP contribution >= 0.6 is 0 Å². The molecule has 11 rings (SSSR count). The van der Waals surface area contributed by atoms with Gasteiger partial charge in [-0.25, -0.2) is 0 Å². The quantitative estimate of drug-likeness (QED) is 0.175. The summed E-state index contributed by atoms with van der Waals surface area (Å²) in [5, 5.41) is 8.80. The van der Waals surface area contributed by atoms with E-state index in [1.165, 1.54) is 112 Å². The lowest BCUT2D eigenvalue weighted by atomic mass is 9.57. The number of hydrogen-bond donors (Lipinski definition) is 1. The second-order valence-corrected chi connectivity index (χ2v) is 23.1. The maximum atomic E-state index is 7.00. The molecule has 8 aromatic carbocycles. The zero-order valence-corrected chi connectivity index (χ0v) is 41.3. The molecule has 4 heteroatoms. The first kappa shape index (κ1) is 43.1. The molecule has 2 aliphatic rings. The molecule has 0 spiro atoms. The standard InChI is InChI=1S/C63H63BN2O/c1-38-31-43(61(5,6)7)24-28-53(38)66-54-37-57-48(47-34-50-51(36-56(47)67-57)63(10,11)30-29-62(50,8)9)35-52(54)64-58-49(32-41(33-55(58)66)39-17-13-12-14-18-39)46-27-21-40-19-15-16-20-45(40)59(46)65-44-25-22-42(23-26-44)60(2,3)4/h12-28,31-37,64-65H,29-30H2,1-11H3. The van der Waals surface area contributed by atoms with Gasteiger partial charge in [0.05, 0.1) is 5.69 Å². The number of rotatable bonds is 5. The van der Waals surface area contributed by atoms with E-state index in [9.17, 15) is 0 Å². The summed E-state index contributed by atoms with van der Waals surface area (Å²) in [7, 11) is 0.767. The highest BCUT2D eigenvalue weighted by Crippen LogP contribution is 2.50. The zero-order chi connectivity index (χ0) is 46.8.